The van der Waals surface area contributed by atoms with Crippen molar-refractivity contribution in [1.29, 1.82) is 5.26 Å². The first-order chi connectivity index (χ1) is 6.89. The molecule has 4 nitrogen and oxygen atoms in total. The molecule has 0 bridgehead atoms. The van der Waals surface area contributed by atoms with Crippen molar-refractivity contribution in [3.8, 4) is 6.07 Å². The third-order valence-electron chi connectivity index (χ3n) is 1.54. The molecule has 0 unspecified atom stereocenters. The molecule has 0 amide bonds. The zero-order valence-corrected chi connectivity index (χ0v) is 9.83. The highest BCUT2D eigenvalue weighted by molar-refractivity contribution is 5.87. The molecule has 0 radical (unpaired) electrons. The number of rotatable bonds is 4. The van der Waals surface area contributed by atoms with Crippen molar-refractivity contribution in [2.75, 3.05) is 6.54 Å². The summed E-state index contributed by atoms with van der Waals surface area (Å²) in [5.41, 5.74) is 0.261. The third-order valence-corrected chi connectivity index (χ3v) is 1.54. The predicted molar refractivity (Wildman–Crippen MR) is 58.7 cm³/mol. The molecular weight excluding hydrogens is 192 g/mol. The number of carbonyl (C=O) groups is 1. The molecule has 0 aromatic carbocycles. The lowest BCUT2D eigenvalue weighted by molar-refractivity contribution is -0.152. The quantitative estimate of drug-likeness (QED) is 0.527. The molecule has 0 saturated carbocycles. The molecular formula is C11H18N2O2. The van der Waals surface area contributed by atoms with Gasteiger partial charge in [0.15, 0.2) is 0 Å². The Bertz CT molecular complexity index is 282. The van der Waals surface area contributed by atoms with E-state index < -0.39 is 5.60 Å². The fourth-order valence-corrected chi connectivity index (χ4v) is 0.934. The minimum atomic E-state index is -0.478. The molecule has 0 rings (SSSR count). The van der Waals surface area contributed by atoms with E-state index in [-0.39, 0.29) is 18.9 Å². The largest absolute Gasteiger partial charge is 0.459 e. The maximum absolute atomic E-state index is 11.3. The van der Waals surface area contributed by atoms with E-state index in [1.54, 1.807) is 0 Å². The van der Waals surface area contributed by atoms with E-state index in [2.05, 4.69) is 4.99 Å². The zero-order valence-electron chi connectivity index (χ0n) is 9.83. The molecule has 15 heavy (non-hydrogen) atoms. The topological polar surface area (TPSA) is 62.5 Å². The van der Waals surface area contributed by atoms with Gasteiger partial charge in [-0.3, -0.25) is 9.79 Å². The van der Waals surface area contributed by atoms with Gasteiger partial charge in [-0.25, -0.2) is 0 Å². The Morgan fingerprint density at radius 1 is 1.47 bits per heavy atom. The van der Waals surface area contributed by atoms with Crippen molar-refractivity contribution >= 4 is 11.7 Å². The second-order valence-electron chi connectivity index (χ2n) is 4.16. The summed E-state index contributed by atoms with van der Waals surface area (Å²) >= 11 is 0. The van der Waals surface area contributed by atoms with Gasteiger partial charge in [0.05, 0.1) is 12.5 Å². The van der Waals surface area contributed by atoms with Crippen molar-refractivity contribution in [1.82, 2.24) is 0 Å². The Morgan fingerprint density at radius 3 is 2.47 bits per heavy atom. The van der Waals surface area contributed by atoms with Gasteiger partial charge in [-0.15, -0.1) is 0 Å². The standard InChI is InChI=1S/C11H18N2O2/c1-5-9(6-7-12)13-8-10(14)15-11(2,3)4/h5-6,8H2,1-4H3. The van der Waals surface area contributed by atoms with Gasteiger partial charge in [0.1, 0.15) is 12.1 Å². The SMILES string of the molecule is CCC(CC#N)=NCC(=O)OC(C)(C)C. The van der Waals surface area contributed by atoms with E-state index in [4.69, 9.17) is 10.00 Å². The van der Waals surface area contributed by atoms with Crippen LogP contribution in [-0.4, -0.2) is 23.8 Å². The predicted octanol–water partition coefficient (Wildman–Crippen LogP) is 2.09. The number of nitrogens with zero attached hydrogens (tertiary/aromatic N) is 2. The van der Waals surface area contributed by atoms with Gasteiger partial charge in [-0.2, -0.15) is 5.26 Å². The average Bonchev–Trinajstić information content (AvgIpc) is 2.09. The number of nitriles is 1. The number of aliphatic imine (C=N–C) groups is 1. The molecule has 4 heteroatoms. The highest BCUT2D eigenvalue weighted by Gasteiger charge is 2.15. The van der Waals surface area contributed by atoms with E-state index in [1.807, 2.05) is 33.8 Å². The summed E-state index contributed by atoms with van der Waals surface area (Å²) in [6.07, 6.45) is 0.968. The summed E-state index contributed by atoms with van der Waals surface area (Å²) in [7, 11) is 0. The number of ether oxygens (including phenoxy) is 1. The maximum atomic E-state index is 11.3. The first-order valence-electron chi connectivity index (χ1n) is 5.00. The van der Waals surface area contributed by atoms with E-state index in [0.29, 0.717) is 6.42 Å². The molecule has 0 heterocycles. The van der Waals surface area contributed by atoms with Crippen LogP contribution in [0, 0.1) is 11.3 Å². The van der Waals surface area contributed by atoms with Crippen molar-refractivity contribution in [3.63, 3.8) is 0 Å². The Labute approximate surface area is 91.0 Å². The fraction of sp³-hybridized carbons (Fsp3) is 0.727. The third kappa shape index (κ3) is 7.68. The van der Waals surface area contributed by atoms with Crippen LogP contribution in [0.4, 0.5) is 0 Å². The molecule has 0 N–H and O–H groups in total. The lowest BCUT2D eigenvalue weighted by Gasteiger charge is -2.18. The molecule has 0 aliphatic heterocycles. The van der Waals surface area contributed by atoms with Gasteiger partial charge in [0, 0.05) is 5.71 Å². The summed E-state index contributed by atoms with van der Waals surface area (Å²) < 4.78 is 5.08. The van der Waals surface area contributed by atoms with E-state index in [1.165, 1.54) is 0 Å². The van der Waals surface area contributed by atoms with Crippen LogP contribution < -0.4 is 0 Å². The second-order valence-corrected chi connectivity index (χ2v) is 4.16. The van der Waals surface area contributed by atoms with E-state index >= 15 is 0 Å². The Balaban J connectivity index is 4.14. The number of carbonyl (C=O) groups excluding carboxylic acids is 1. The van der Waals surface area contributed by atoms with E-state index in [9.17, 15) is 4.79 Å². The van der Waals surface area contributed by atoms with Crippen molar-refractivity contribution in [2.24, 2.45) is 4.99 Å². The van der Waals surface area contributed by atoms with Crippen LogP contribution in [0.2, 0.25) is 0 Å². The van der Waals surface area contributed by atoms with Crippen molar-refractivity contribution in [3.05, 3.63) is 0 Å². The smallest absolute Gasteiger partial charge is 0.328 e. The molecule has 0 aliphatic rings. The minimum Gasteiger partial charge on any atom is -0.459 e. The van der Waals surface area contributed by atoms with Crippen LogP contribution in [0.3, 0.4) is 0 Å². The molecule has 0 fully saturated rings. The number of esters is 1. The van der Waals surface area contributed by atoms with Crippen LogP contribution in [0.15, 0.2) is 4.99 Å². The monoisotopic (exact) mass is 210 g/mol. The van der Waals surface area contributed by atoms with Crippen LogP contribution in [0.25, 0.3) is 0 Å². The molecule has 0 aliphatic carbocycles. The summed E-state index contributed by atoms with van der Waals surface area (Å²) in [4.78, 5) is 15.3. The minimum absolute atomic E-state index is 0.00211. The molecule has 0 aromatic heterocycles. The molecule has 0 atom stereocenters. The Hall–Kier alpha value is -1.37. The number of hydrogen-bond acceptors (Lipinski definition) is 4. The van der Waals surface area contributed by atoms with Gasteiger partial charge in [-0.05, 0) is 27.2 Å². The molecule has 0 spiro atoms. The zero-order chi connectivity index (χ0) is 11.9. The summed E-state index contributed by atoms with van der Waals surface area (Å²) in [6, 6.07) is 2.01. The average molecular weight is 210 g/mol. The summed E-state index contributed by atoms with van der Waals surface area (Å²) in [6.45, 7) is 7.34. The first-order valence-corrected chi connectivity index (χ1v) is 5.00. The first kappa shape index (κ1) is 13.6. The second kappa shape index (κ2) is 6.18. The molecule has 0 aromatic rings. The highest BCUT2D eigenvalue weighted by atomic mass is 16.6. The Kier molecular flexibility index (Phi) is 5.61. The van der Waals surface area contributed by atoms with Gasteiger partial charge < -0.3 is 4.74 Å². The lowest BCUT2D eigenvalue weighted by Crippen LogP contribution is -2.25. The normalized spacial score (nSPS) is 12.1. The van der Waals surface area contributed by atoms with Crippen molar-refractivity contribution in [2.45, 2.75) is 46.1 Å². The van der Waals surface area contributed by atoms with Crippen LogP contribution in [0.1, 0.15) is 40.5 Å². The summed E-state index contributed by atoms with van der Waals surface area (Å²) in [5.74, 6) is -0.355. The molecule has 84 valence electrons. The highest BCUT2D eigenvalue weighted by Crippen LogP contribution is 2.06. The Morgan fingerprint density at radius 2 is 2.07 bits per heavy atom. The lowest BCUT2D eigenvalue weighted by atomic mass is 10.2. The van der Waals surface area contributed by atoms with Crippen LogP contribution >= 0.6 is 0 Å². The van der Waals surface area contributed by atoms with Gasteiger partial charge in [0.2, 0.25) is 0 Å². The molecule has 0 saturated heterocycles. The fourth-order valence-electron chi connectivity index (χ4n) is 0.934. The van der Waals surface area contributed by atoms with E-state index in [0.717, 1.165) is 5.71 Å². The number of hydrogen-bond donors (Lipinski definition) is 0. The van der Waals surface area contributed by atoms with Crippen LogP contribution in [0.5, 0.6) is 0 Å². The van der Waals surface area contributed by atoms with Crippen LogP contribution in [-0.2, 0) is 9.53 Å². The van der Waals surface area contributed by atoms with Gasteiger partial charge >= 0.3 is 5.97 Å². The summed E-state index contributed by atoms with van der Waals surface area (Å²) in [5, 5.41) is 8.47. The van der Waals surface area contributed by atoms with Gasteiger partial charge in [0.25, 0.3) is 0 Å². The van der Waals surface area contributed by atoms with Crippen molar-refractivity contribution < 1.29 is 9.53 Å². The van der Waals surface area contributed by atoms with Gasteiger partial charge in [-0.1, -0.05) is 6.92 Å². The maximum Gasteiger partial charge on any atom is 0.328 e.